The molecule has 0 bridgehead atoms. The Morgan fingerprint density at radius 3 is 2.64 bits per heavy atom. The number of benzene rings is 2. The van der Waals surface area contributed by atoms with E-state index in [1.807, 2.05) is 18.2 Å². The van der Waals surface area contributed by atoms with Crippen LogP contribution in [-0.2, 0) is 6.42 Å². The molecule has 1 aliphatic heterocycles. The second-order valence-corrected chi connectivity index (χ2v) is 8.54. The van der Waals surface area contributed by atoms with Crippen LogP contribution in [-0.4, -0.2) is 35.8 Å². The average Bonchev–Trinajstić information content (AvgIpc) is 3.12. The molecule has 0 aliphatic carbocycles. The van der Waals surface area contributed by atoms with Crippen molar-refractivity contribution >= 4 is 16.7 Å². The van der Waals surface area contributed by atoms with E-state index in [1.165, 1.54) is 29.3 Å². The summed E-state index contributed by atoms with van der Waals surface area (Å²) in [6.07, 6.45) is 5.04. The van der Waals surface area contributed by atoms with Gasteiger partial charge in [0.25, 0.3) is 0 Å². The highest BCUT2D eigenvalue weighted by Crippen LogP contribution is 2.33. The number of nitrogens with one attached hydrogen (secondary N) is 1. The number of likely N-dealkylation sites (tertiary alicyclic amines) is 1. The Morgan fingerprint density at radius 2 is 1.89 bits per heavy atom. The maximum atomic E-state index is 13.0. The van der Waals surface area contributed by atoms with E-state index in [1.54, 1.807) is 0 Å². The lowest BCUT2D eigenvalue weighted by atomic mass is 9.88. The number of hydrogen-bond acceptors (Lipinski definition) is 2. The third-order valence-electron chi connectivity index (χ3n) is 6.18. The number of H-pyrrole nitrogens is 1. The molecule has 1 aromatic heterocycles. The molecular weight excluding hydrogens is 344 g/mol. The first-order valence-electron chi connectivity index (χ1n) is 10.4. The van der Waals surface area contributed by atoms with Crippen LogP contribution < -0.4 is 0 Å². The molecule has 0 unspecified atom stereocenters. The topological polar surface area (TPSA) is 36.1 Å². The van der Waals surface area contributed by atoms with E-state index in [2.05, 4.69) is 61.2 Å². The van der Waals surface area contributed by atoms with Crippen molar-refractivity contribution in [1.82, 2.24) is 9.88 Å². The van der Waals surface area contributed by atoms with Gasteiger partial charge in [-0.05, 0) is 73.6 Å². The number of carbonyl (C=O) groups excluding carboxylic acids is 1. The van der Waals surface area contributed by atoms with Crippen molar-refractivity contribution in [2.45, 2.75) is 44.9 Å². The maximum Gasteiger partial charge on any atom is 0.167 e. The zero-order valence-corrected chi connectivity index (χ0v) is 17.2. The minimum absolute atomic E-state index is 0.208. The zero-order chi connectivity index (χ0) is 19.7. The van der Waals surface area contributed by atoms with Crippen molar-refractivity contribution < 1.29 is 4.79 Å². The van der Waals surface area contributed by atoms with Gasteiger partial charge in [0.15, 0.2) is 5.78 Å². The summed E-state index contributed by atoms with van der Waals surface area (Å²) in [6.45, 7) is 6.60. The molecule has 3 aromatic rings. The summed E-state index contributed by atoms with van der Waals surface area (Å²) in [5, 5.41) is 1.29. The quantitative estimate of drug-likeness (QED) is 0.596. The minimum Gasteiger partial charge on any atom is -0.361 e. The van der Waals surface area contributed by atoms with Gasteiger partial charge < -0.3 is 9.88 Å². The van der Waals surface area contributed by atoms with Crippen molar-refractivity contribution in [2.24, 2.45) is 0 Å². The Bertz CT molecular complexity index is 977. The number of nitrogens with zero attached hydrogens (tertiary/aromatic N) is 1. The number of fused-ring (bicyclic) bond motifs is 1. The fourth-order valence-electron chi connectivity index (χ4n) is 4.49. The minimum atomic E-state index is 0.208. The van der Waals surface area contributed by atoms with Crippen LogP contribution in [0.4, 0.5) is 0 Å². The highest BCUT2D eigenvalue weighted by Gasteiger charge is 2.21. The van der Waals surface area contributed by atoms with Crippen LogP contribution >= 0.6 is 0 Å². The molecule has 0 amide bonds. The predicted molar refractivity (Wildman–Crippen MR) is 116 cm³/mol. The third kappa shape index (κ3) is 3.77. The van der Waals surface area contributed by atoms with Crippen LogP contribution in [0, 0.1) is 0 Å². The Labute approximate surface area is 167 Å². The molecule has 3 heteroatoms. The van der Waals surface area contributed by atoms with Gasteiger partial charge in [-0.1, -0.05) is 44.2 Å². The summed E-state index contributed by atoms with van der Waals surface area (Å²) in [7, 11) is 2.20. The smallest absolute Gasteiger partial charge is 0.167 e. The van der Waals surface area contributed by atoms with E-state index in [0.717, 1.165) is 29.8 Å². The number of aromatic nitrogens is 1. The van der Waals surface area contributed by atoms with Crippen LogP contribution in [0.1, 0.15) is 65.6 Å². The Kier molecular flexibility index (Phi) is 5.36. The summed E-state index contributed by atoms with van der Waals surface area (Å²) in [5.74, 6) is 1.17. The summed E-state index contributed by atoms with van der Waals surface area (Å²) in [5.41, 5.74) is 5.70. The number of rotatable bonds is 5. The Hall–Kier alpha value is -2.39. The summed E-state index contributed by atoms with van der Waals surface area (Å²) in [6, 6.07) is 14.5. The number of hydrogen-bond donors (Lipinski definition) is 1. The fourth-order valence-corrected chi connectivity index (χ4v) is 4.49. The molecule has 0 atom stereocenters. The van der Waals surface area contributed by atoms with Crippen molar-refractivity contribution in [3.05, 3.63) is 70.9 Å². The summed E-state index contributed by atoms with van der Waals surface area (Å²) >= 11 is 0. The first-order chi connectivity index (χ1) is 13.5. The van der Waals surface area contributed by atoms with Crippen molar-refractivity contribution in [1.29, 1.82) is 0 Å². The van der Waals surface area contributed by atoms with Crippen LogP contribution in [0.3, 0.4) is 0 Å². The number of ketones is 1. The van der Waals surface area contributed by atoms with Gasteiger partial charge in [-0.25, -0.2) is 0 Å². The molecule has 1 saturated heterocycles. The first kappa shape index (κ1) is 18.9. The van der Waals surface area contributed by atoms with Gasteiger partial charge in [-0.3, -0.25) is 4.79 Å². The molecule has 0 radical (unpaired) electrons. The molecule has 0 saturated carbocycles. The number of carbonyl (C=O) groups is 1. The average molecular weight is 375 g/mol. The monoisotopic (exact) mass is 374 g/mol. The molecule has 1 fully saturated rings. The van der Waals surface area contributed by atoms with E-state index < -0.39 is 0 Å². The van der Waals surface area contributed by atoms with Gasteiger partial charge in [0.05, 0.1) is 0 Å². The van der Waals surface area contributed by atoms with E-state index in [-0.39, 0.29) is 5.78 Å². The van der Waals surface area contributed by atoms with Crippen molar-refractivity contribution in [2.75, 3.05) is 20.1 Å². The lowest BCUT2D eigenvalue weighted by molar-refractivity contribution is 0.0992. The number of piperidine rings is 1. The standard InChI is InChI=1S/C25H30N2O/c1-17(2)20-6-4-5-7-21(20)25(28)15-18-8-9-24-22(14-18)23(16-26-24)19-10-12-27(3)13-11-19/h4-9,14,16-17,19,26H,10-13,15H2,1-3H3. The van der Waals surface area contributed by atoms with E-state index in [9.17, 15) is 4.79 Å². The lowest BCUT2D eigenvalue weighted by Crippen LogP contribution is -2.29. The highest BCUT2D eigenvalue weighted by atomic mass is 16.1. The summed E-state index contributed by atoms with van der Waals surface area (Å²) < 4.78 is 0. The van der Waals surface area contributed by atoms with Gasteiger partial charge >= 0.3 is 0 Å². The van der Waals surface area contributed by atoms with Crippen molar-refractivity contribution in [3.63, 3.8) is 0 Å². The first-order valence-corrected chi connectivity index (χ1v) is 10.4. The van der Waals surface area contributed by atoms with E-state index in [0.29, 0.717) is 18.3 Å². The fraction of sp³-hybridized carbons (Fsp3) is 0.400. The molecule has 146 valence electrons. The molecule has 2 heterocycles. The SMILES string of the molecule is CC(C)c1ccccc1C(=O)Cc1ccc2[nH]cc(C3CCN(C)CC3)c2c1. The molecule has 4 rings (SSSR count). The molecule has 2 aromatic carbocycles. The third-order valence-corrected chi connectivity index (χ3v) is 6.18. The maximum absolute atomic E-state index is 13.0. The van der Waals surface area contributed by atoms with Crippen molar-refractivity contribution in [3.8, 4) is 0 Å². The molecule has 0 spiro atoms. The Morgan fingerprint density at radius 1 is 1.14 bits per heavy atom. The number of Topliss-reactive ketones (excluding diaryl/α,β-unsaturated/α-hetero) is 1. The normalized spacial score (nSPS) is 16.1. The number of aromatic amines is 1. The van der Waals surface area contributed by atoms with Gasteiger partial charge in [0.2, 0.25) is 0 Å². The largest absolute Gasteiger partial charge is 0.361 e. The van der Waals surface area contributed by atoms with E-state index >= 15 is 0 Å². The molecule has 3 nitrogen and oxygen atoms in total. The van der Waals surface area contributed by atoms with Crippen LogP contribution in [0.2, 0.25) is 0 Å². The van der Waals surface area contributed by atoms with Gasteiger partial charge in [-0.15, -0.1) is 0 Å². The highest BCUT2D eigenvalue weighted by molar-refractivity contribution is 5.99. The zero-order valence-electron chi connectivity index (χ0n) is 17.2. The van der Waals surface area contributed by atoms with E-state index in [4.69, 9.17) is 0 Å². The van der Waals surface area contributed by atoms with Gasteiger partial charge in [-0.2, -0.15) is 0 Å². The van der Waals surface area contributed by atoms with Gasteiger partial charge in [0.1, 0.15) is 0 Å². The molecule has 1 N–H and O–H groups in total. The van der Waals surface area contributed by atoms with Crippen LogP contribution in [0.25, 0.3) is 10.9 Å². The van der Waals surface area contributed by atoms with Crippen LogP contribution in [0.5, 0.6) is 0 Å². The molecular formula is C25H30N2O. The predicted octanol–water partition coefficient (Wildman–Crippen LogP) is 5.53. The van der Waals surface area contributed by atoms with Crippen LogP contribution in [0.15, 0.2) is 48.7 Å². The Balaban J connectivity index is 1.60. The second kappa shape index (κ2) is 7.92. The summed E-state index contributed by atoms with van der Waals surface area (Å²) in [4.78, 5) is 18.9. The lowest BCUT2D eigenvalue weighted by Gasteiger charge is -2.28. The second-order valence-electron chi connectivity index (χ2n) is 8.54. The molecule has 28 heavy (non-hydrogen) atoms. The van der Waals surface area contributed by atoms with Gasteiger partial charge in [0, 0.05) is 29.1 Å². The molecule has 1 aliphatic rings.